The molecule has 8 aliphatic rings. The van der Waals surface area contributed by atoms with E-state index in [-0.39, 0.29) is 52.1 Å². The van der Waals surface area contributed by atoms with Crippen molar-refractivity contribution in [2.45, 2.75) is 79.7 Å². The normalized spacial score (nSPS) is 19.5. The van der Waals surface area contributed by atoms with Gasteiger partial charge in [-0.15, -0.1) is 0 Å². The minimum Gasteiger partial charge on any atom is -0.455 e. The SMILES string of the molecule is CB1C=c2c(oc3ccccc23)=CN1N1C=CN(c2ccccc2)[C@@H]1C.CB1C=c2c(oc3ccccc23)=CN1N1c2ccccc2N(C)[C@@H]1C.CB1C=c2c(oc3ccccc23)=CN1N1c2ccccc2N(c2ccccc2)[C@@H]1C.[2H]C([2H])([2H])N1C=CN(N2C=c3oc4ccccc4c3=CB2C)[C@H]1C. The molecular formula is C82H80B4N12O4. The van der Waals surface area contributed by atoms with Gasteiger partial charge in [-0.05, 0) is 100 Å². The van der Waals surface area contributed by atoms with E-state index in [0.29, 0.717) is 0 Å². The first-order chi connectivity index (χ1) is 50.9. The summed E-state index contributed by atoms with van der Waals surface area (Å²) in [5.41, 5.74) is 14.5. The Kier molecular flexibility index (Phi) is 15.2. The molecule has 0 aliphatic carbocycles. The number of anilines is 6. The molecule has 12 aromatic rings. The third-order valence-electron chi connectivity index (χ3n) is 20.9. The summed E-state index contributed by atoms with van der Waals surface area (Å²) in [4.78, 5) is 17.2. The maximum atomic E-state index is 7.63. The van der Waals surface area contributed by atoms with Crippen LogP contribution in [0, 0.1) is 0 Å². The van der Waals surface area contributed by atoms with Crippen LogP contribution in [0.25, 0.3) is 92.6 Å². The zero-order valence-electron chi connectivity index (χ0n) is 61.7. The van der Waals surface area contributed by atoms with Gasteiger partial charge in [0.05, 0.1) is 47.5 Å². The van der Waals surface area contributed by atoms with E-state index in [1.54, 1.807) is 12.4 Å². The maximum Gasteiger partial charge on any atom is 0.304 e. The first-order valence-electron chi connectivity index (χ1n) is 36.8. The Morgan fingerprint density at radius 3 is 1.12 bits per heavy atom. The minimum absolute atomic E-state index is 0.0853. The van der Waals surface area contributed by atoms with Gasteiger partial charge in [-0.25, -0.2) is 0 Å². The molecule has 0 N–H and O–H groups in total. The Bertz CT molecular complexity index is 5940. The fraction of sp³-hybridized carbons (Fsp3) is 0.171. The number of rotatable bonds is 6. The van der Waals surface area contributed by atoms with Crippen molar-refractivity contribution in [1.82, 2.24) is 34.6 Å². The van der Waals surface area contributed by atoms with Crippen molar-refractivity contribution in [3.63, 3.8) is 0 Å². The van der Waals surface area contributed by atoms with Gasteiger partial charge >= 0.3 is 27.4 Å². The molecule has 4 aromatic heterocycles. The van der Waals surface area contributed by atoms with Gasteiger partial charge < -0.3 is 56.9 Å². The Balaban J connectivity index is 0.000000104. The molecule has 0 saturated heterocycles. The van der Waals surface area contributed by atoms with Gasteiger partial charge in [-0.1, -0.05) is 185 Å². The number of fused-ring (bicyclic) bond motifs is 14. The molecule has 12 heterocycles. The van der Waals surface area contributed by atoms with Crippen LogP contribution in [0.2, 0.25) is 27.3 Å². The Hall–Kier alpha value is -11.8. The highest BCUT2D eigenvalue weighted by atomic mass is 16.3. The molecule has 20 rings (SSSR count). The molecule has 8 aliphatic heterocycles. The summed E-state index contributed by atoms with van der Waals surface area (Å²) in [5, 5.41) is 18.2. The Morgan fingerprint density at radius 2 is 0.676 bits per heavy atom. The van der Waals surface area contributed by atoms with Crippen LogP contribution in [0.3, 0.4) is 0 Å². The smallest absolute Gasteiger partial charge is 0.304 e. The second-order valence-electron chi connectivity index (χ2n) is 27.2. The molecule has 504 valence electrons. The van der Waals surface area contributed by atoms with E-state index in [1.807, 2.05) is 83.7 Å². The number of benzene rings is 8. The lowest BCUT2D eigenvalue weighted by molar-refractivity contribution is 0.0849. The van der Waals surface area contributed by atoms with E-state index in [9.17, 15) is 0 Å². The number of nitrogens with zero attached hydrogens (tertiary/aromatic N) is 12. The average molecular weight is 1340 g/mol. The van der Waals surface area contributed by atoms with E-state index >= 15 is 0 Å². The van der Waals surface area contributed by atoms with Crippen LogP contribution >= 0.6 is 0 Å². The number of furan rings is 4. The molecule has 8 aromatic carbocycles. The lowest BCUT2D eigenvalue weighted by atomic mass is 9.63. The quantitative estimate of drug-likeness (QED) is 0.148. The topological polar surface area (TPSA) is 91.4 Å². The number of para-hydroxylation sites is 10. The Labute approximate surface area is 599 Å². The summed E-state index contributed by atoms with van der Waals surface area (Å²) < 4.78 is 47.2. The highest BCUT2D eigenvalue weighted by Crippen LogP contribution is 2.45. The van der Waals surface area contributed by atoms with E-state index in [2.05, 4.69) is 300 Å². The van der Waals surface area contributed by atoms with Crippen molar-refractivity contribution < 1.29 is 21.8 Å². The van der Waals surface area contributed by atoms with Crippen molar-refractivity contribution in [2.75, 3.05) is 38.7 Å². The van der Waals surface area contributed by atoms with Crippen molar-refractivity contribution in [2.24, 2.45) is 0 Å². The number of hydrogen-bond donors (Lipinski definition) is 0. The van der Waals surface area contributed by atoms with Crippen molar-refractivity contribution in [1.29, 1.82) is 0 Å². The summed E-state index contributed by atoms with van der Waals surface area (Å²) in [5.74, 6) is 9.04. The van der Waals surface area contributed by atoms with Crippen LogP contribution in [0.5, 0.6) is 0 Å². The summed E-state index contributed by atoms with van der Waals surface area (Å²) in [6, 6.07) is 70.9. The fourth-order valence-electron chi connectivity index (χ4n) is 15.7. The summed E-state index contributed by atoms with van der Waals surface area (Å²) >= 11 is 0. The third-order valence-corrected chi connectivity index (χ3v) is 20.9. The average Bonchev–Trinajstić information content (AvgIpc) is 1.56. The second kappa shape index (κ2) is 25.7. The summed E-state index contributed by atoms with van der Waals surface area (Å²) in [7, 11) is 2.15. The Morgan fingerprint density at radius 1 is 0.333 bits per heavy atom. The molecule has 0 spiro atoms. The van der Waals surface area contributed by atoms with Gasteiger partial charge in [0.15, 0.2) is 21.7 Å². The van der Waals surface area contributed by atoms with Crippen LogP contribution in [0.1, 0.15) is 31.8 Å². The lowest BCUT2D eigenvalue weighted by Gasteiger charge is -2.40. The molecule has 0 amide bonds. The van der Waals surface area contributed by atoms with E-state index in [1.165, 1.54) is 70.8 Å². The highest BCUT2D eigenvalue weighted by molar-refractivity contribution is 6.72. The van der Waals surface area contributed by atoms with Gasteiger partial charge in [0.1, 0.15) is 47.0 Å². The summed E-state index contributed by atoms with van der Waals surface area (Å²) in [6.45, 7) is 16.0. The first-order valence-corrected chi connectivity index (χ1v) is 35.3. The number of hydrazine groups is 4. The molecule has 0 bridgehead atoms. The zero-order valence-corrected chi connectivity index (χ0v) is 58.7. The highest BCUT2D eigenvalue weighted by Gasteiger charge is 2.41. The van der Waals surface area contributed by atoms with Crippen LogP contribution in [-0.2, 0) is 0 Å². The van der Waals surface area contributed by atoms with Crippen LogP contribution < -0.4 is 67.3 Å². The molecule has 0 unspecified atom stereocenters. The largest absolute Gasteiger partial charge is 0.455 e. The first kappa shape index (κ1) is 60.2. The molecule has 16 nitrogen and oxygen atoms in total. The van der Waals surface area contributed by atoms with Gasteiger partial charge in [-0.2, -0.15) is 0 Å². The molecular weight excluding hydrogens is 1260 g/mol. The van der Waals surface area contributed by atoms with E-state index < -0.39 is 6.98 Å². The van der Waals surface area contributed by atoms with Crippen molar-refractivity contribution in [3.8, 4) is 0 Å². The molecule has 102 heavy (non-hydrogen) atoms. The molecule has 0 radical (unpaired) electrons. The van der Waals surface area contributed by atoms with Crippen molar-refractivity contribution >= 4 is 154 Å². The molecule has 0 fully saturated rings. The minimum atomic E-state index is -2.15. The third kappa shape index (κ3) is 10.9. The lowest BCUT2D eigenvalue weighted by Crippen LogP contribution is -2.55. The predicted octanol–water partition coefficient (Wildman–Crippen LogP) is 11.4. The molecule has 4 atom stereocenters. The fourth-order valence-corrected chi connectivity index (χ4v) is 15.7. The van der Waals surface area contributed by atoms with Crippen molar-refractivity contribution in [3.05, 3.63) is 274 Å². The molecule has 20 heteroatoms. The second-order valence-corrected chi connectivity index (χ2v) is 27.2. The van der Waals surface area contributed by atoms with Gasteiger partial charge in [0.2, 0.25) is 0 Å². The number of hydrogen-bond acceptors (Lipinski definition) is 16. The monoisotopic (exact) mass is 1340 g/mol. The van der Waals surface area contributed by atoms with Gasteiger partial charge in [-0.3, -0.25) is 20.0 Å². The van der Waals surface area contributed by atoms with Crippen LogP contribution in [-0.4, -0.2) is 101 Å². The zero-order chi connectivity index (χ0) is 72.1. The van der Waals surface area contributed by atoms with Gasteiger partial charge in [0, 0.05) is 96.7 Å². The van der Waals surface area contributed by atoms with Gasteiger partial charge in [0.25, 0.3) is 0 Å². The van der Waals surface area contributed by atoms with Crippen LogP contribution in [0.4, 0.5) is 34.1 Å². The van der Waals surface area contributed by atoms with Crippen LogP contribution in [0.15, 0.2) is 249 Å². The molecule has 0 saturated carbocycles. The van der Waals surface area contributed by atoms with E-state index in [0.717, 1.165) is 54.6 Å². The van der Waals surface area contributed by atoms with E-state index in [4.69, 9.17) is 21.8 Å². The predicted molar refractivity (Wildman–Crippen MR) is 423 cm³/mol. The summed E-state index contributed by atoms with van der Waals surface area (Å²) in [6.07, 6.45) is 16.3. The standard InChI is InChI=1S/C25H22BN3O.C21H20BN3O.C20H20BN3O.C16H18BN3O/c1-18-28(19-10-4-3-5-11-19)22-13-7-8-14-23(22)29(18)27-17-25-21(16-26(27)2)20-12-6-9-15-24(20)30-25;1-16-23(17-8-4-3-5-9-17)12-13-24(16)25-15-21-19(14-22(25)2)18-10-6-7-11-20(18)26-21;1-14-22(3)17-9-5-6-10-18(17)24(14)23-13-20-16(12-21(23)2)15-8-4-7-11-19(15)25-20;1-12-18(3)8-9-19(12)20-11-16-14(10-17(20)2)13-6-4-5-7-15(13)21-16/h3-18H,1-2H3;3-16H,1-2H3;4-14H,1-3H3;4-12H,1-3H3/t18-;16-;14-;12-/m0000/s1/i;;;3D3. The maximum absolute atomic E-state index is 7.63.